The van der Waals surface area contributed by atoms with Gasteiger partial charge in [0.1, 0.15) is 30.6 Å². The van der Waals surface area contributed by atoms with E-state index in [4.69, 9.17) is 14.5 Å². The number of carbonyl (C=O) groups excluding carboxylic acids is 2. The number of phenolic OH excluding ortho intramolecular Hbond substituents is 1. The number of benzene rings is 2. The Labute approximate surface area is 194 Å². The zero-order valence-corrected chi connectivity index (χ0v) is 19.2. The largest absolute Gasteiger partial charge is 0.508 e. The number of nitrogens with zero attached hydrogens (tertiary/aromatic N) is 1. The van der Waals surface area contributed by atoms with E-state index in [2.05, 4.69) is 13.8 Å². The van der Waals surface area contributed by atoms with Crippen molar-refractivity contribution < 1.29 is 24.2 Å². The van der Waals surface area contributed by atoms with Gasteiger partial charge in [-0.2, -0.15) is 0 Å². The van der Waals surface area contributed by atoms with Gasteiger partial charge in [-0.3, -0.25) is 14.6 Å². The number of aliphatic imine (C=N–C) groups is 1. The zero-order valence-electron chi connectivity index (χ0n) is 19.2. The van der Waals surface area contributed by atoms with Crippen LogP contribution < -0.4 is 4.74 Å². The second kappa shape index (κ2) is 9.22. The van der Waals surface area contributed by atoms with E-state index < -0.39 is 17.8 Å². The summed E-state index contributed by atoms with van der Waals surface area (Å²) in [6.07, 6.45) is 1.08. The maximum absolute atomic E-state index is 13.2. The summed E-state index contributed by atoms with van der Waals surface area (Å²) in [5.41, 5.74) is 2.58. The van der Waals surface area contributed by atoms with E-state index >= 15 is 0 Å². The smallest absolute Gasteiger partial charge is 0.315 e. The lowest BCUT2D eigenvalue weighted by molar-refractivity contribution is -0.147. The summed E-state index contributed by atoms with van der Waals surface area (Å²) in [6.45, 7) is 6.25. The van der Waals surface area contributed by atoms with E-state index in [1.807, 2.05) is 37.3 Å². The Kier molecular flexibility index (Phi) is 6.36. The van der Waals surface area contributed by atoms with Crippen LogP contribution in [0.15, 0.2) is 70.9 Å². The number of phenols is 1. The molecule has 6 heteroatoms. The number of allylic oxidation sites excluding steroid dienone is 2. The first kappa shape index (κ1) is 22.8. The molecule has 33 heavy (non-hydrogen) atoms. The first-order valence-corrected chi connectivity index (χ1v) is 11.2. The molecule has 172 valence electrons. The molecule has 0 spiro atoms. The first-order valence-electron chi connectivity index (χ1n) is 11.2. The van der Waals surface area contributed by atoms with Crippen molar-refractivity contribution in [3.05, 3.63) is 71.4 Å². The number of ketones is 1. The van der Waals surface area contributed by atoms with Gasteiger partial charge in [-0.15, -0.1) is 0 Å². The molecule has 1 unspecified atom stereocenters. The summed E-state index contributed by atoms with van der Waals surface area (Å²) in [7, 11) is 0. The molecule has 0 bridgehead atoms. The van der Waals surface area contributed by atoms with Gasteiger partial charge in [-0.1, -0.05) is 44.2 Å². The number of carbonyl (C=O) groups is 2. The van der Waals surface area contributed by atoms with Crippen LogP contribution in [0.25, 0.3) is 0 Å². The highest BCUT2D eigenvalue weighted by molar-refractivity contribution is 6.09. The second-order valence-electron chi connectivity index (χ2n) is 9.43. The lowest BCUT2D eigenvalue weighted by Gasteiger charge is -2.39. The minimum Gasteiger partial charge on any atom is -0.508 e. The molecule has 2 aromatic rings. The molecule has 0 aromatic heterocycles. The van der Waals surface area contributed by atoms with Crippen LogP contribution >= 0.6 is 0 Å². The Morgan fingerprint density at radius 2 is 1.76 bits per heavy atom. The van der Waals surface area contributed by atoms with Crippen molar-refractivity contribution >= 4 is 17.5 Å². The first-order chi connectivity index (χ1) is 15.7. The van der Waals surface area contributed by atoms with Crippen LogP contribution in [0.2, 0.25) is 0 Å². The highest BCUT2D eigenvalue weighted by Crippen LogP contribution is 2.48. The van der Waals surface area contributed by atoms with E-state index in [1.54, 1.807) is 24.3 Å². The zero-order chi connectivity index (χ0) is 23.6. The van der Waals surface area contributed by atoms with Gasteiger partial charge >= 0.3 is 5.97 Å². The molecule has 2 atom stereocenters. The Balaban J connectivity index is 1.58. The third kappa shape index (κ3) is 5.00. The fraction of sp³-hybridized carbons (Fsp3) is 0.370. The van der Waals surface area contributed by atoms with Crippen LogP contribution in [0, 0.1) is 11.3 Å². The predicted molar refractivity (Wildman–Crippen MR) is 125 cm³/mol. The second-order valence-corrected chi connectivity index (χ2v) is 9.43. The van der Waals surface area contributed by atoms with Gasteiger partial charge in [0.25, 0.3) is 0 Å². The highest BCUT2D eigenvalue weighted by Gasteiger charge is 2.46. The number of Topliss-reactive ketones (excluding diaryl/α,β-unsaturated/α-hetero) is 1. The fourth-order valence-corrected chi connectivity index (χ4v) is 4.70. The van der Waals surface area contributed by atoms with Crippen molar-refractivity contribution in [2.75, 3.05) is 13.2 Å². The van der Waals surface area contributed by atoms with Gasteiger partial charge in [0, 0.05) is 29.3 Å². The van der Waals surface area contributed by atoms with E-state index in [-0.39, 0.29) is 30.2 Å². The molecule has 4 rings (SSSR count). The van der Waals surface area contributed by atoms with Gasteiger partial charge in [-0.05, 0) is 48.6 Å². The van der Waals surface area contributed by atoms with Crippen molar-refractivity contribution in [1.82, 2.24) is 0 Å². The van der Waals surface area contributed by atoms with E-state index in [0.29, 0.717) is 29.9 Å². The normalized spacial score (nSPS) is 21.8. The molecular weight excluding hydrogens is 418 g/mol. The fourth-order valence-electron chi connectivity index (χ4n) is 4.70. The summed E-state index contributed by atoms with van der Waals surface area (Å²) in [5.74, 6) is -0.797. The standard InChI is InChI=1S/C27H29NO5/c1-17-23(26(31)33-14-13-32-20-7-5-4-6-8-20)24(18-9-11-19(29)12-10-18)25-21(28-17)15-27(2,3)16-22(25)30/h4-12,23-24,29H,13-16H2,1-3H3/t23?,24-/m1/s1. The quantitative estimate of drug-likeness (QED) is 0.506. The Hall–Kier alpha value is -3.41. The summed E-state index contributed by atoms with van der Waals surface area (Å²) in [4.78, 5) is 31.2. The molecule has 1 N–H and O–H groups in total. The maximum atomic E-state index is 13.2. The van der Waals surface area contributed by atoms with Gasteiger partial charge in [0.2, 0.25) is 0 Å². The molecule has 0 radical (unpaired) electrons. The minimum atomic E-state index is -0.713. The number of hydrogen-bond acceptors (Lipinski definition) is 6. The van der Waals surface area contributed by atoms with Crippen LogP contribution in [0.3, 0.4) is 0 Å². The van der Waals surface area contributed by atoms with Gasteiger partial charge in [0.05, 0.1) is 0 Å². The summed E-state index contributed by atoms with van der Waals surface area (Å²) in [6, 6.07) is 16.0. The molecule has 0 amide bonds. The third-order valence-corrected chi connectivity index (χ3v) is 6.15. The van der Waals surface area contributed by atoms with Crippen LogP contribution in [-0.2, 0) is 14.3 Å². The van der Waals surface area contributed by atoms with Crippen LogP contribution in [0.4, 0.5) is 0 Å². The van der Waals surface area contributed by atoms with Crippen LogP contribution in [0.5, 0.6) is 11.5 Å². The Morgan fingerprint density at radius 3 is 2.45 bits per heavy atom. The van der Waals surface area contributed by atoms with E-state index in [9.17, 15) is 14.7 Å². The van der Waals surface area contributed by atoms with Crippen molar-refractivity contribution in [1.29, 1.82) is 0 Å². The van der Waals surface area contributed by atoms with Crippen LogP contribution in [0.1, 0.15) is 45.1 Å². The van der Waals surface area contributed by atoms with E-state index in [1.165, 1.54) is 0 Å². The van der Waals surface area contributed by atoms with Gasteiger partial charge < -0.3 is 14.6 Å². The number of hydrogen-bond donors (Lipinski definition) is 1. The molecule has 2 aliphatic rings. The minimum absolute atomic E-state index is 0.0146. The van der Waals surface area contributed by atoms with Crippen LogP contribution in [-0.4, -0.2) is 35.8 Å². The topological polar surface area (TPSA) is 85.2 Å². The SMILES string of the molecule is CC1=NC2=C(C(=O)CC(C)(C)C2)[C@H](c2ccc(O)cc2)C1C(=O)OCCOc1ccccc1. The van der Waals surface area contributed by atoms with Crippen molar-refractivity contribution in [3.8, 4) is 11.5 Å². The summed E-state index contributed by atoms with van der Waals surface area (Å²) < 4.78 is 11.2. The number of ether oxygens (including phenoxy) is 2. The van der Waals surface area contributed by atoms with E-state index in [0.717, 1.165) is 11.3 Å². The molecular formula is C27H29NO5. The summed E-state index contributed by atoms with van der Waals surface area (Å²) in [5, 5.41) is 9.76. The average molecular weight is 448 g/mol. The number of esters is 1. The monoisotopic (exact) mass is 447 g/mol. The third-order valence-electron chi connectivity index (χ3n) is 6.15. The van der Waals surface area contributed by atoms with Crippen molar-refractivity contribution in [2.45, 2.75) is 39.5 Å². The lowest BCUT2D eigenvalue weighted by atomic mass is 9.67. The number of rotatable bonds is 6. The summed E-state index contributed by atoms with van der Waals surface area (Å²) >= 11 is 0. The molecule has 1 aliphatic heterocycles. The highest BCUT2D eigenvalue weighted by atomic mass is 16.6. The van der Waals surface area contributed by atoms with Gasteiger partial charge in [-0.25, -0.2) is 0 Å². The maximum Gasteiger partial charge on any atom is 0.315 e. The molecule has 6 nitrogen and oxygen atoms in total. The Bertz CT molecular complexity index is 1100. The molecule has 1 heterocycles. The number of aromatic hydroxyl groups is 1. The van der Waals surface area contributed by atoms with Gasteiger partial charge in [0.15, 0.2) is 5.78 Å². The lowest BCUT2D eigenvalue weighted by Crippen LogP contribution is -2.39. The molecule has 2 aromatic carbocycles. The molecule has 0 saturated heterocycles. The molecule has 0 fully saturated rings. The molecule has 0 saturated carbocycles. The predicted octanol–water partition coefficient (Wildman–Crippen LogP) is 4.83. The van der Waals surface area contributed by atoms with Crippen molar-refractivity contribution in [3.63, 3.8) is 0 Å². The number of para-hydroxylation sites is 1. The molecule has 1 aliphatic carbocycles. The van der Waals surface area contributed by atoms with Crippen molar-refractivity contribution in [2.24, 2.45) is 16.3 Å². The Morgan fingerprint density at radius 1 is 1.06 bits per heavy atom. The average Bonchev–Trinajstić information content (AvgIpc) is 2.76.